The van der Waals surface area contributed by atoms with Crippen molar-refractivity contribution in [2.75, 3.05) is 18.2 Å². The van der Waals surface area contributed by atoms with Crippen molar-refractivity contribution in [1.82, 2.24) is 4.90 Å². The van der Waals surface area contributed by atoms with Gasteiger partial charge in [0.05, 0.1) is 0 Å². The minimum absolute atomic E-state index is 0.223. The molecule has 0 atom stereocenters. The Morgan fingerprint density at radius 1 is 1.64 bits per heavy atom. The maximum Gasteiger partial charge on any atom is 0.410 e. The van der Waals surface area contributed by atoms with Gasteiger partial charge in [-0.3, -0.25) is 4.79 Å². The normalized spacial score (nSPS) is 8.91. The first kappa shape index (κ1) is 10.5. The van der Waals surface area contributed by atoms with E-state index in [-0.39, 0.29) is 11.2 Å². The summed E-state index contributed by atoms with van der Waals surface area (Å²) >= 11 is 1.85. The van der Waals surface area contributed by atoms with Crippen LogP contribution in [0.2, 0.25) is 0 Å². The highest BCUT2D eigenvalue weighted by Crippen LogP contribution is 1.92. The van der Waals surface area contributed by atoms with Crippen LogP contribution in [0.3, 0.4) is 0 Å². The van der Waals surface area contributed by atoms with E-state index in [9.17, 15) is 9.59 Å². The number of carbonyl (C=O) groups is 2. The van der Waals surface area contributed by atoms with Gasteiger partial charge in [-0.25, -0.2) is 4.79 Å². The molecule has 1 amide bonds. The lowest BCUT2D eigenvalue weighted by molar-refractivity contribution is -0.137. The average molecular weight is 273 g/mol. The number of ether oxygens (including phenoxy) is 1. The molecule has 0 aliphatic rings. The third kappa shape index (κ3) is 4.82. The lowest BCUT2D eigenvalue weighted by Crippen LogP contribution is -2.32. The van der Waals surface area contributed by atoms with Gasteiger partial charge in [0.15, 0.2) is 0 Å². The van der Waals surface area contributed by atoms with Crippen molar-refractivity contribution in [3.05, 3.63) is 0 Å². The minimum atomic E-state index is -1.06. The number of halogens is 1. The van der Waals surface area contributed by atoms with Crippen molar-refractivity contribution in [2.24, 2.45) is 0 Å². The van der Waals surface area contributed by atoms with E-state index in [0.717, 1.165) is 4.90 Å². The SMILES string of the molecule is CN(CC(=O)O)C(=O)OCI. The van der Waals surface area contributed by atoms with E-state index >= 15 is 0 Å². The van der Waals surface area contributed by atoms with Gasteiger partial charge >= 0.3 is 12.1 Å². The second-order valence-corrected chi connectivity index (χ2v) is 2.39. The van der Waals surface area contributed by atoms with Crippen molar-refractivity contribution in [1.29, 1.82) is 0 Å². The second kappa shape index (κ2) is 5.16. The van der Waals surface area contributed by atoms with Gasteiger partial charge in [0.25, 0.3) is 0 Å². The van der Waals surface area contributed by atoms with Gasteiger partial charge in [0.2, 0.25) is 0 Å². The molecule has 0 bridgehead atoms. The predicted molar refractivity (Wildman–Crippen MR) is 45.6 cm³/mol. The highest BCUT2D eigenvalue weighted by Gasteiger charge is 2.11. The fraction of sp³-hybridized carbons (Fsp3) is 0.600. The summed E-state index contributed by atoms with van der Waals surface area (Å²) < 4.78 is 4.74. The zero-order valence-electron chi connectivity index (χ0n) is 5.91. The second-order valence-electron chi connectivity index (χ2n) is 1.77. The van der Waals surface area contributed by atoms with Crippen LogP contribution in [0.5, 0.6) is 0 Å². The summed E-state index contributed by atoms with van der Waals surface area (Å²) in [7, 11) is 1.36. The van der Waals surface area contributed by atoms with Crippen molar-refractivity contribution in [2.45, 2.75) is 0 Å². The van der Waals surface area contributed by atoms with Gasteiger partial charge < -0.3 is 14.7 Å². The topological polar surface area (TPSA) is 66.8 Å². The van der Waals surface area contributed by atoms with Crippen LogP contribution < -0.4 is 0 Å². The summed E-state index contributed by atoms with van der Waals surface area (Å²) in [5, 5.41) is 8.25. The molecule has 0 unspecified atom stereocenters. The van der Waals surface area contributed by atoms with Crippen molar-refractivity contribution >= 4 is 34.7 Å². The Balaban J connectivity index is 3.73. The van der Waals surface area contributed by atoms with E-state index in [1.807, 2.05) is 22.6 Å². The Morgan fingerprint density at radius 3 is 2.55 bits per heavy atom. The number of hydrogen-bond acceptors (Lipinski definition) is 3. The largest absolute Gasteiger partial charge is 0.480 e. The number of aliphatic carboxylic acids is 1. The maximum absolute atomic E-state index is 10.7. The molecular formula is C5H8INO4. The standard InChI is InChI=1S/C5H8INO4/c1-7(2-4(8)9)5(10)11-3-6/h2-3H2,1H3,(H,8,9). The smallest absolute Gasteiger partial charge is 0.410 e. The molecule has 0 radical (unpaired) electrons. The quantitative estimate of drug-likeness (QED) is 0.601. The molecule has 0 saturated heterocycles. The molecular weight excluding hydrogens is 265 g/mol. The minimum Gasteiger partial charge on any atom is -0.480 e. The molecule has 6 heteroatoms. The number of carboxylic acid groups (broad SMARTS) is 1. The van der Waals surface area contributed by atoms with Crippen molar-refractivity contribution < 1.29 is 19.4 Å². The number of nitrogens with zero attached hydrogens (tertiary/aromatic N) is 1. The molecule has 0 aromatic heterocycles. The Morgan fingerprint density at radius 2 is 2.18 bits per heavy atom. The summed E-state index contributed by atoms with van der Waals surface area (Å²) in [5.41, 5.74) is 0. The van der Waals surface area contributed by atoms with Crippen LogP contribution in [0.1, 0.15) is 0 Å². The average Bonchev–Trinajstić information content (AvgIpc) is 1.86. The highest BCUT2D eigenvalue weighted by molar-refractivity contribution is 14.1. The van der Waals surface area contributed by atoms with E-state index in [4.69, 9.17) is 5.11 Å². The van der Waals surface area contributed by atoms with Crippen LogP contribution in [0, 0.1) is 0 Å². The Hall–Kier alpha value is -0.530. The number of carbonyl (C=O) groups excluding carboxylic acids is 1. The van der Waals surface area contributed by atoms with Gasteiger partial charge in [0.1, 0.15) is 11.2 Å². The summed E-state index contributed by atoms with van der Waals surface area (Å²) in [5.74, 6) is -1.06. The van der Waals surface area contributed by atoms with Crippen LogP contribution in [0.4, 0.5) is 4.79 Å². The van der Waals surface area contributed by atoms with Crippen molar-refractivity contribution in [3.8, 4) is 0 Å². The zero-order valence-corrected chi connectivity index (χ0v) is 8.07. The Bertz CT molecular complexity index is 161. The molecule has 0 saturated carbocycles. The van der Waals surface area contributed by atoms with E-state index in [1.54, 1.807) is 0 Å². The number of hydrogen-bond donors (Lipinski definition) is 1. The molecule has 0 spiro atoms. The monoisotopic (exact) mass is 273 g/mol. The fourth-order valence-electron chi connectivity index (χ4n) is 0.424. The van der Waals surface area contributed by atoms with Gasteiger partial charge in [0, 0.05) is 7.05 Å². The van der Waals surface area contributed by atoms with Gasteiger partial charge in [-0.05, 0) is 22.6 Å². The number of alkyl halides is 1. The molecule has 0 rings (SSSR count). The van der Waals surface area contributed by atoms with Gasteiger partial charge in [-0.1, -0.05) is 0 Å². The van der Waals surface area contributed by atoms with E-state index in [0.29, 0.717) is 0 Å². The lowest BCUT2D eigenvalue weighted by Gasteiger charge is -2.12. The summed E-state index contributed by atoms with van der Waals surface area (Å²) in [6.07, 6.45) is -0.623. The summed E-state index contributed by atoms with van der Waals surface area (Å²) in [6, 6.07) is 0. The first-order valence-corrected chi connectivity index (χ1v) is 4.26. The molecule has 1 N–H and O–H groups in total. The molecule has 0 fully saturated rings. The Kier molecular flexibility index (Phi) is 4.92. The third-order valence-electron chi connectivity index (χ3n) is 0.862. The number of amides is 1. The van der Waals surface area contributed by atoms with E-state index in [2.05, 4.69) is 4.74 Å². The molecule has 0 aliphatic heterocycles. The molecule has 11 heavy (non-hydrogen) atoms. The molecule has 0 heterocycles. The number of carboxylic acids is 1. The predicted octanol–water partition coefficient (Wildman–Crippen LogP) is 0.532. The first-order chi connectivity index (χ1) is 5.07. The highest BCUT2D eigenvalue weighted by atomic mass is 127. The van der Waals surface area contributed by atoms with Gasteiger partial charge in [-0.2, -0.15) is 0 Å². The van der Waals surface area contributed by atoms with Crippen LogP contribution in [-0.2, 0) is 9.53 Å². The lowest BCUT2D eigenvalue weighted by atomic mass is 10.6. The zero-order chi connectivity index (χ0) is 8.85. The van der Waals surface area contributed by atoms with Gasteiger partial charge in [-0.15, -0.1) is 0 Å². The van der Waals surface area contributed by atoms with Crippen LogP contribution in [-0.4, -0.2) is 40.3 Å². The van der Waals surface area contributed by atoms with E-state index in [1.165, 1.54) is 7.05 Å². The molecule has 64 valence electrons. The molecule has 0 aliphatic carbocycles. The van der Waals surface area contributed by atoms with Crippen LogP contribution in [0.25, 0.3) is 0 Å². The van der Waals surface area contributed by atoms with Crippen LogP contribution >= 0.6 is 22.6 Å². The Labute approximate surface area is 77.5 Å². The number of rotatable bonds is 3. The fourth-order valence-corrected chi connectivity index (χ4v) is 0.691. The van der Waals surface area contributed by atoms with Crippen LogP contribution in [0.15, 0.2) is 0 Å². The van der Waals surface area contributed by atoms with E-state index < -0.39 is 12.1 Å². The molecule has 0 aromatic rings. The first-order valence-electron chi connectivity index (χ1n) is 2.73. The molecule has 5 nitrogen and oxygen atoms in total. The summed E-state index contributed by atoms with van der Waals surface area (Å²) in [4.78, 5) is 21.8. The third-order valence-corrected chi connectivity index (χ3v) is 1.17. The van der Waals surface area contributed by atoms with Crippen molar-refractivity contribution in [3.63, 3.8) is 0 Å². The molecule has 0 aromatic carbocycles. The summed E-state index contributed by atoms with van der Waals surface area (Å²) in [6.45, 7) is -0.338. The number of likely N-dealkylation sites (N-methyl/N-ethyl adjacent to an activating group) is 1. The maximum atomic E-state index is 10.7.